The molecular formula is C14H17FO4Si. The van der Waals surface area contributed by atoms with Crippen LogP contribution in [0, 0.1) is 5.82 Å². The molecule has 0 aliphatic heterocycles. The van der Waals surface area contributed by atoms with Crippen LogP contribution >= 0.6 is 0 Å². The van der Waals surface area contributed by atoms with Crippen LogP contribution < -0.4 is 0 Å². The zero-order valence-electron chi connectivity index (χ0n) is 12.0. The van der Waals surface area contributed by atoms with E-state index >= 15 is 0 Å². The van der Waals surface area contributed by atoms with Crippen molar-refractivity contribution >= 4 is 25.3 Å². The Labute approximate surface area is 117 Å². The van der Waals surface area contributed by atoms with Crippen LogP contribution in [0.5, 0.6) is 0 Å². The van der Waals surface area contributed by atoms with E-state index in [0.29, 0.717) is 23.3 Å². The monoisotopic (exact) mass is 296 g/mol. The fraction of sp³-hybridized carbons (Fsp3) is 0.357. The molecule has 4 nitrogen and oxygen atoms in total. The molecule has 0 atom stereocenters. The lowest BCUT2D eigenvalue weighted by Gasteiger charge is -2.15. The van der Waals surface area contributed by atoms with E-state index in [0.717, 1.165) is 6.07 Å². The molecule has 0 unspecified atom stereocenters. The number of esters is 1. The normalized spacial score (nSPS) is 11.8. The number of rotatable bonds is 4. The predicted octanol–water partition coefficient (Wildman–Crippen LogP) is 3.71. The molecule has 1 heterocycles. The van der Waals surface area contributed by atoms with Crippen LogP contribution in [-0.2, 0) is 15.8 Å². The molecule has 0 fully saturated rings. The van der Waals surface area contributed by atoms with Gasteiger partial charge in [0.05, 0.1) is 13.7 Å². The van der Waals surface area contributed by atoms with Crippen molar-refractivity contribution in [1.82, 2.24) is 0 Å². The Hall–Kier alpha value is -1.66. The Bertz CT molecular complexity index is 642. The number of halogens is 1. The minimum Gasteiger partial charge on any atom is -0.465 e. The van der Waals surface area contributed by atoms with Crippen molar-refractivity contribution in [2.45, 2.75) is 26.2 Å². The summed E-state index contributed by atoms with van der Waals surface area (Å²) in [4.78, 5) is 11.6. The highest BCUT2D eigenvalue weighted by atomic mass is 28.4. The molecule has 0 amide bonds. The largest absolute Gasteiger partial charge is 0.465 e. The molecule has 6 heteroatoms. The maximum Gasteiger partial charge on any atom is 0.341 e. The number of hydrogen-bond donors (Lipinski definition) is 0. The first-order valence-electron chi connectivity index (χ1n) is 6.24. The van der Waals surface area contributed by atoms with Gasteiger partial charge in [0, 0.05) is 5.39 Å². The molecule has 0 spiro atoms. The van der Waals surface area contributed by atoms with E-state index in [-0.39, 0.29) is 5.56 Å². The molecule has 108 valence electrons. The zero-order chi connectivity index (χ0) is 14.9. The average Bonchev–Trinajstić information content (AvgIpc) is 2.76. The van der Waals surface area contributed by atoms with E-state index in [9.17, 15) is 9.18 Å². The summed E-state index contributed by atoms with van der Waals surface area (Å²) in [5, 5.41) is 0.527. The van der Waals surface area contributed by atoms with E-state index in [4.69, 9.17) is 8.84 Å². The summed E-state index contributed by atoms with van der Waals surface area (Å²) >= 11 is 0. The summed E-state index contributed by atoms with van der Waals surface area (Å²) in [6, 6.07) is 4.12. The molecule has 0 radical (unpaired) electrons. The third kappa shape index (κ3) is 3.26. The maximum atomic E-state index is 13.5. The number of benzene rings is 1. The summed E-state index contributed by atoms with van der Waals surface area (Å²) in [5.74, 6) is -0.559. The molecule has 20 heavy (non-hydrogen) atoms. The maximum absolute atomic E-state index is 13.5. The topological polar surface area (TPSA) is 48.7 Å². The van der Waals surface area contributed by atoms with Gasteiger partial charge in [0.1, 0.15) is 22.7 Å². The zero-order valence-corrected chi connectivity index (χ0v) is 13.0. The van der Waals surface area contributed by atoms with Gasteiger partial charge < -0.3 is 13.6 Å². The van der Waals surface area contributed by atoms with Crippen LogP contribution in [0.25, 0.3) is 11.0 Å². The lowest BCUT2D eigenvalue weighted by molar-refractivity contribution is 0.0601. The van der Waals surface area contributed by atoms with Crippen molar-refractivity contribution in [2.24, 2.45) is 0 Å². The van der Waals surface area contributed by atoms with Gasteiger partial charge in [-0.05, 0) is 37.8 Å². The van der Waals surface area contributed by atoms with Gasteiger partial charge in [0.25, 0.3) is 0 Å². The van der Waals surface area contributed by atoms with Gasteiger partial charge in [-0.15, -0.1) is 0 Å². The van der Waals surface area contributed by atoms with E-state index in [1.807, 2.05) is 0 Å². The Morgan fingerprint density at radius 1 is 1.30 bits per heavy atom. The lowest BCUT2D eigenvalue weighted by atomic mass is 10.1. The van der Waals surface area contributed by atoms with Gasteiger partial charge >= 0.3 is 5.97 Å². The van der Waals surface area contributed by atoms with Crippen molar-refractivity contribution < 1.29 is 22.8 Å². The third-order valence-corrected chi connectivity index (χ3v) is 3.70. The molecule has 0 aliphatic carbocycles. The first kappa shape index (κ1) is 14.7. The molecular weight excluding hydrogens is 279 g/mol. The van der Waals surface area contributed by atoms with Crippen LogP contribution in [0.15, 0.2) is 22.6 Å². The first-order valence-corrected chi connectivity index (χ1v) is 9.65. The quantitative estimate of drug-likeness (QED) is 0.637. The highest BCUT2D eigenvalue weighted by Gasteiger charge is 2.19. The second-order valence-corrected chi connectivity index (χ2v) is 9.99. The molecule has 2 rings (SSSR count). The number of carbonyl (C=O) groups is 1. The predicted molar refractivity (Wildman–Crippen MR) is 75.6 cm³/mol. The number of carbonyl (C=O) groups excluding carboxylic acids is 1. The van der Waals surface area contributed by atoms with Crippen LogP contribution in [-0.4, -0.2) is 21.4 Å². The Kier molecular flexibility index (Phi) is 3.96. The molecule has 0 N–H and O–H groups in total. The molecule has 0 saturated heterocycles. The van der Waals surface area contributed by atoms with Gasteiger partial charge in [-0.2, -0.15) is 0 Å². The number of ether oxygens (including phenoxy) is 1. The summed E-state index contributed by atoms with van der Waals surface area (Å²) in [6.07, 6.45) is 0. The van der Waals surface area contributed by atoms with Gasteiger partial charge in [-0.1, -0.05) is 0 Å². The average molecular weight is 296 g/mol. The standard InChI is InChI=1S/C14H17FO4Si/c1-17-14(16)12-7-10(15)5-9-6-11(19-13(9)12)8-18-20(2,3)4/h5-7H,8H2,1-4H3. The highest BCUT2D eigenvalue weighted by molar-refractivity contribution is 6.69. The minimum absolute atomic E-state index is 0.0850. The summed E-state index contributed by atoms with van der Waals surface area (Å²) in [6.45, 7) is 6.51. The Morgan fingerprint density at radius 2 is 2.00 bits per heavy atom. The lowest BCUT2D eigenvalue weighted by Crippen LogP contribution is -2.24. The van der Waals surface area contributed by atoms with E-state index < -0.39 is 20.1 Å². The summed E-state index contributed by atoms with van der Waals surface area (Å²) < 4.78 is 29.5. The van der Waals surface area contributed by atoms with E-state index in [1.54, 1.807) is 6.07 Å². The van der Waals surface area contributed by atoms with Crippen molar-refractivity contribution in [1.29, 1.82) is 0 Å². The second-order valence-electron chi connectivity index (χ2n) is 5.48. The third-order valence-electron chi connectivity index (χ3n) is 2.68. The summed E-state index contributed by atoms with van der Waals surface area (Å²) in [7, 11) is -0.421. The van der Waals surface area contributed by atoms with Gasteiger partial charge in [0.2, 0.25) is 0 Å². The number of hydrogen-bond acceptors (Lipinski definition) is 4. The van der Waals surface area contributed by atoms with E-state index in [1.165, 1.54) is 13.2 Å². The van der Waals surface area contributed by atoms with Crippen LogP contribution in [0.3, 0.4) is 0 Å². The SMILES string of the molecule is COC(=O)c1cc(F)cc2cc(CO[Si](C)(C)C)oc12. The van der Waals surface area contributed by atoms with Crippen LogP contribution in [0.4, 0.5) is 4.39 Å². The Morgan fingerprint density at radius 3 is 2.60 bits per heavy atom. The Balaban J connectivity index is 2.40. The summed E-state index contributed by atoms with van der Waals surface area (Å²) in [5.41, 5.74) is 0.411. The van der Waals surface area contributed by atoms with Gasteiger partial charge in [-0.25, -0.2) is 9.18 Å². The second kappa shape index (κ2) is 5.38. The fourth-order valence-electron chi connectivity index (χ4n) is 1.79. The highest BCUT2D eigenvalue weighted by Crippen LogP contribution is 2.26. The van der Waals surface area contributed by atoms with Gasteiger partial charge in [-0.3, -0.25) is 0 Å². The van der Waals surface area contributed by atoms with Crippen molar-refractivity contribution in [2.75, 3.05) is 7.11 Å². The van der Waals surface area contributed by atoms with Crippen molar-refractivity contribution in [3.05, 3.63) is 35.3 Å². The smallest absolute Gasteiger partial charge is 0.341 e. The van der Waals surface area contributed by atoms with Crippen LogP contribution in [0.1, 0.15) is 16.1 Å². The molecule has 0 bridgehead atoms. The van der Waals surface area contributed by atoms with Gasteiger partial charge in [0.15, 0.2) is 8.32 Å². The molecule has 0 aliphatic rings. The molecule has 1 aromatic heterocycles. The number of fused-ring (bicyclic) bond motifs is 1. The van der Waals surface area contributed by atoms with E-state index in [2.05, 4.69) is 24.4 Å². The first-order chi connectivity index (χ1) is 9.30. The minimum atomic E-state index is -1.67. The molecule has 1 aromatic carbocycles. The van der Waals surface area contributed by atoms with Crippen molar-refractivity contribution in [3.8, 4) is 0 Å². The number of furan rings is 1. The number of methoxy groups -OCH3 is 1. The van der Waals surface area contributed by atoms with Crippen molar-refractivity contribution in [3.63, 3.8) is 0 Å². The molecule has 2 aromatic rings. The molecule has 0 saturated carbocycles. The van der Waals surface area contributed by atoms with Crippen LogP contribution in [0.2, 0.25) is 19.6 Å². The fourth-order valence-corrected chi connectivity index (χ4v) is 2.37.